The van der Waals surface area contributed by atoms with Crippen LogP contribution in [0.4, 0.5) is 0 Å². The maximum Gasteiger partial charge on any atom is 0.334 e. The van der Waals surface area contributed by atoms with Gasteiger partial charge in [-0.3, -0.25) is 0 Å². The van der Waals surface area contributed by atoms with Crippen LogP contribution < -0.4 is 5.32 Å². The Morgan fingerprint density at radius 2 is 1.76 bits per heavy atom. The molecule has 96 valence electrons. The van der Waals surface area contributed by atoms with E-state index in [0.717, 1.165) is 38.0 Å². The molecular formula is C12H19NO4. The lowest BCUT2D eigenvalue weighted by atomic mass is 10.1. The highest BCUT2D eigenvalue weighted by Gasteiger charge is 2.28. The molecule has 0 saturated heterocycles. The molecule has 0 saturated carbocycles. The summed E-state index contributed by atoms with van der Waals surface area (Å²) in [5.41, 5.74) is 0. The van der Waals surface area contributed by atoms with Gasteiger partial charge in [0.1, 0.15) is 0 Å². The number of nitrogens with one attached hydrogen (secondary N) is 1. The minimum absolute atomic E-state index is 0.146. The normalized spacial score (nSPS) is 18.5. The maximum atomic E-state index is 11.3. The van der Waals surface area contributed by atoms with Gasteiger partial charge in [0.15, 0.2) is 0 Å². The fraction of sp³-hybridized carbons (Fsp3) is 0.667. The first-order valence-electron chi connectivity index (χ1n) is 6.00. The molecule has 1 atom stereocenters. The van der Waals surface area contributed by atoms with Crippen LogP contribution in [0, 0.1) is 0 Å². The summed E-state index contributed by atoms with van der Waals surface area (Å²) in [6, 6.07) is -0.146. The van der Waals surface area contributed by atoms with Crippen LogP contribution in [-0.4, -0.2) is 30.8 Å². The molecule has 0 aromatic carbocycles. The zero-order valence-corrected chi connectivity index (χ0v) is 10.3. The number of cyclic esters (lactones) is 2. The SMILES string of the molecule is CCCNC(CCC)C1OC(=O)C=CC(=O)O1. The monoisotopic (exact) mass is 241 g/mol. The van der Waals surface area contributed by atoms with Gasteiger partial charge in [-0.25, -0.2) is 9.59 Å². The van der Waals surface area contributed by atoms with Crippen molar-refractivity contribution in [2.75, 3.05) is 6.54 Å². The van der Waals surface area contributed by atoms with Crippen molar-refractivity contribution in [1.82, 2.24) is 5.32 Å². The molecular weight excluding hydrogens is 222 g/mol. The van der Waals surface area contributed by atoms with Crippen LogP contribution in [0.3, 0.4) is 0 Å². The summed E-state index contributed by atoms with van der Waals surface area (Å²) in [6.45, 7) is 4.87. The lowest BCUT2D eigenvalue weighted by molar-refractivity contribution is -0.184. The van der Waals surface area contributed by atoms with Crippen molar-refractivity contribution in [3.8, 4) is 0 Å². The van der Waals surface area contributed by atoms with Gasteiger partial charge in [-0.2, -0.15) is 0 Å². The molecule has 1 rings (SSSR count). The average molecular weight is 241 g/mol. The third-order valence-electron chi connectivity index (χ3n) is 2.40. The minimum atomic E-state index is -0.837. The average Bonchev–Trinajstić information content (AvgIpc) is 2.46. The van der Waals surface area contributed by atoms with Crippen molar-refractivity contribution in [2.45, 2.75) is 45.4 Å². The highest BCUT2D eigenvalue weighted by Crippen LogP contribution is 2.12. The standard InChI is InChI=1S/C12H19NO4/c1-3-5-9(13-8-4-2)12-16-10(14)6-7-11(15)17-12/h6-7,9,12-13H,3-5,8H2,1-2H3. The van der Waals surface area contributed by atoms with E-state index in [2.05, 4.69) is 5.32 Å². The summed E-state index contributed by atoms with van der Waals surface area (Å²) >= 11 is 0. The van der Waals surface area contributed by atoms with Gasteiger partial charge in [-0.15, -0.1) is 0 Å². The third-order valence-corrected chi connectivity index (χ3v) is 2.40. The molecule has 0 radical (unpaired) electrons. The van der Waals surface area contributed by atoms with Crippen molar-refractivity contribution >= 4 is 11.9 Å². The summed E-state index contributed by atoms with van der Waals surface area (Å²) in [6.07, 6.45) is 4.01. The number of carbonyl (C=O) groups excluding carboxylic acids is 2. The fourth-order valence-electron chi connectivity index (χ4n) is 1.61. The molecule has 0 fully saturated rings. The van der Waals surface area contributed by atoms with Gasteiger partial charge >= 0.3 is 11.9 Å². The Hall–Kier alpha value is -1.36. The zero-order valence-electron chi connectivity index (χ0n) is 10.3. The molecule has 0 spiro atoms. The minimum Gasteiger partial charge on any atom is -0.420 e. The van der Waals surface area contributed by atoms with Gasteiger partial charge in [-0.05, 0) is 19.4 Å². The topological polar surface area (TPSA) is 64.6 Å². The van der Waals surface area contributed by atoms with E-state index in [1.165, 1.54) is 0 Å². The number of ether oxygens (including phenoxy) is 2. The second kappa shape index (κ2) is 7.06. The molecule has 1 heterocycles. The van der Waals surface area contributed by atoms with Gasteiger partial charge in [0.25, 0.3) is 6.29 Å². The smallest absolute Gasteiger partial charge is 0.334 e. The van der Waals surface area contributed by atoms with Gasteiger partial charge in [0.2, 0.25) is 0 Å². The maximum absolute atomic E-state index is 11.3. The van der Waals surface area contributed by atoms with Crippen LogP contribution >= 0.6 is 0 Å². The van der Waals surface area contributed by atoms with Gasteiger partial charge < -0.3 is 14.8 Å². The third kappa shape index (κ3) is 4.56. The highest BCUT2D eigenvalue weighted by molar-refractivity contribution is 5.93. The van der Waals surface area contributed by atoms with Gasteiger partial charge in [0, 0.05) is 12.2 Å². The Morgan fingerprint density at radius 1 is 1.18 bits per heavy atom. The zero-order chi connectivity index (χ0) is 12.7. The molecule has 1 aliphatic rings. The van der Waals surface area contributed by atoms with E-state index in [1.807, 2.05) is 13.8 Å². The first kappa shape index (κ1) is 13.7. The summed E-state index contributed by atoms with van der Waals surface area (Å²) in [7, 11) is 0. The van der Waals surface area contributed by atoms with Crippen LogP contribution in [0.1, 0.15) is 33.1 Å². The Kier molecular flexibility index (Phi) is 5.69. The summed E-state index contributed by atoms with van der Waals surface area (Å²) in [5, 5.41) is 3.23. The molecule has 1 unspecified atom stereocenters. The molecule has 0 amide bonds. The van der Waals surface area contributed by atoms with Crippen LogP contribution in [0.15, 0.2) is 12.2 Å². The van der Waals surface area contributed by atoms with Crippen LogP contribution in [-0.2, 0) is 19.1 Å². The predicted octanol–water partition coefficient (Wildman–Crippen LogP) is 1.14. The molecule has 0 aromatic heterocycles. The molecule has 1 aliphatic heterocycles. The van der Waals surface area contributed by atoms with Crippen molar-refractivity contribution in [3.63, 3.8) is 0 Å². The summed E-state index contributed by atoms with van der Waals surface area (Å²) in [4.78, 5) is 22.5. The largest absolute Gasteiger partial charge is 0.420 e. The first-order chi connectivity index (χ1) is 8.17. The summed E-state index contributed by atoms with van der Waals surface area (Å²) in [5.74, 6) is -1.08. The number of rotatable bonds is 6. The van der Waals surface area contributed by atoms with Crippen molar-refractivity contribution in [3.05, 3.63) is 12.2 Å². The molecule has 17 heavy (non-hydrogen) atoms. The van der Waals surface area contributed by atoms with E-state index in [1.54, 1.807) is 0 Å². The Morgan fingerprint density at radius 3 is 2.24 bits per heavy atom. The molecule has 0 aromatic rings. The Labute approximate surface area is 101 Å². The number of hydrogen-bond acceptors (Lipinski definition) is 5. The number of carbonyl (C=O) groups is 2. The first-order valence-corrected chi connectivity index (χ1v) is 6.00. The van der Waals surface area contributed by atoms with Crippen molar-refractivity contribution < 1.29 is 19.1 Å². The lowest BCUT2D eigenvalue weighted by Crippen LogP contribution is -2.44. The molecule has 1 N–H and O–H groups in total. The van der Waals surface area contributed by atoms with E-state index < -0.39 is 18.2 Å². The molecule has 0 aliphatic carbocycles. The van der Waals surface area contributed by atoms with E-state index in [9.17, 15) is 9.59 Å². The van der Waals surface area contributed by atoms with E-state index >= 15 is 0 Å². The number of esters is 2. The Bertz CT molecular complexity index is 281. The molecule has 5 nitrogen and oxygen atoms in total. The van der Waals surface area contributed by atoms with Crippen molar-refractivity contribution in [1.29, 1.82) is 0 Å². The second-order valence-electron chi connectivity index (χ2n) is 3.92. The van der Waals surface area contributed by atoms with E-state index in [0.29, 0.717) is 0 Å². The van der Waals surface area contributed by atoms with Gasteiger partial charge in [-0.1, -0.05) is 20.3 Å². The molecule has 0 bridgehead atoms. The van der Waals surface area contributed by atoms with Gasteiger partial charge in [0.05, 0.1) is 6.04 Å². The predicted molar refractivity (Wildman–Crippen MR) is 62.1 cm³/mol. The molecule has 5 heteroatoms. The van der Waals surface area contributed by atoms with Crippen LogP contribution in [0.2, 0.25) is 0 Å². The lowest BCUT2D eigenvalue weighted by Gasteiger charge is -2.25. The quantitative estimate of drug-likeness (QED) is 0.706. The van der Waals surface area contributed by atoms with E-state index in [4.69, 9.17) is 9.47 Å². The Balaban J connectivity index is 2.64. The fourth-order valence-corrected chi connectivity index (χ4v) is 1.61. The summed E-state index contributed by atoms with van der Waals surface area (Å²) < 4.78 is 10.1. The second-order valence-corrected chi connectivity index (χ2v) is 3.92. The van der Waals surface area contributed by atoms with Crippen molar-refractivity contribution in [2.24, 2.45) is 0 Å². The highest BCUT2D eigenvalue weighted by atomic mass is 16.7. The number of hydrogen-bond donors (Lipinski definition) is 1. The van der Waals surface area contributed by atoms with E-state index in [-0.39, 0.29) is 6.04 Å². The van der Waals surface area contributed by atoms with Crippen LogP contribution in [0.25, 0.3) is 0 Å². The van der Waals surface area contributed by atoms with Crippen LogP contribution in [0.5, 0.6) is 0 Å².